The van der Waals surface area contributed by atoms with Crippen LogP contribution in [-0.2, 0) is 4.74 Å². The van der Waals surface area contributed by atoms with Crippen LogP contribution in [-0.4, -0.2) is 43.8 Å². The molecular formula is C18H28N4O2. The molecule has 6 heteroatoms. The van der Waals surface area contributed by atoms with Crippen molar-refractivity contribution in [1.82, 2.24) is 16.0 Å². The van der Waals surface area contributed by atoms with E-state index in [9.17, 15) is 4.79 Å². The number of benzene rings is 1. The van der Waals surface area contributed by atoms with E-state index >= 15 is 0 Å². The summed E-state index contributed by atoms with van der Waals surface area (Å²) in [4.78, 5) is 15.8. The molecule has 24 heavy (non-hydrogen) atoms. The molecule has 1 fully saturated rings. The molecule has 1 aromatic rings. The van der Waals surface area contributed by atoms with Crippen LogP contribution in [0.1, 0.15) is 38.7 Å². The van der Waals surface area contributed by atoms with Crippen molar-refractivity contribution in [3.63, 3.8) is 0 Å². The Balaban J connectivity index is 1.65. The van der Waals surface area contributed by atoms with Gasteiger partial charge in [0.2, 0.25) is 0 Å². The number of carbonyl (C=O) groups excluding carboxylic acids is 1. The number of nitrogens with one attached hydrogen (secondary N) is 3. The van der Waals surface area contributed by atoms with Crippen molar-refractivity contribution >= 4 is 12.1 Å². The Kier molecular flexibility index (Phi) is 6.06. The smallest absolute Gasteiger partial charge is 0.407 e. The largest absolute Gasteiger partial charge is 0.444 e. The Bertz CT molecular complexity index is 566. The van der Waals surface area contributed by atoms with Gasteiger partial charge in [-0.3, -0.25) is 4.99 Å². The van der Waals surface area contributed by atoms with Crippen LogP contribution in [0.2, 0.25) is 0 Å². The van der Waals surface area contributed by atoms with Crippen LogP contribution in [0.4, 0.5) is 4.79 Å². The maximum atomic E-state index is 11.6. The maximum Gasteiger partial charge on any atom is 0.407 e. The fraction of sp³-hybridized carbons (Fsp3) is 0.556. The number of ether oxygens (including phenoxy) is 1. The number of hydrogen-bond donors (Lipinski definition) is 3. The summed E-state index contributed by atoms with van der Waals surface area (Å²) in [6, 6.07) is 10.9. The van der Waals surface area contributed by atoms with Crippen LogP contribution in [0, 0.1) is 0 Å². The van der Waals surface area contributed by atoms with Crippen molar-refractivity contribution < 1.29 is 9.53 Å². The molecule has 3 N–H and O–H groups in total. The van der Waals surface area contributed by atoms with Gasteiger partial charge in [0.15, 0.2) is 5.96 Å². The lowest BCUT2D eigenvalue weighted by molar-refractivity contribution is 0.0529. The number of hydrogen-bond acceptors (Lipinski definition) is 3. The Morgan fingerprint density at radius 1 is 1.21 bits per heavy atom. The first-order valence-electron chi connectivity index (χ1n) is 8.38. The highest BCUT2D eigenvalue weighted by molar-refractivity contribution is 5.80. The molecule has 0 aliphatic heterocycles. The number of carbonyl (C=O) groups is 1. The predicted molar refractivity (Wildman–Crippen MR) is 96.3 cm³/mol. The average molecular weight is 332 g/mol. The first kappa shape index (κ1) is 18.1. The minimum atomic E-state index is -0.479. The van der Waals surface area contributed by atoms with E-state index in [4.69, 9.17) is 4.74 Å². The van der Waals surface area contributed by atoms with Crippen LogP contribution < -0.4 is 16.0 Å². The van der Waals surface area contributed by atoms with E-state index in [1.54, 1.807) is 7.05 Å². The van der Waals surface area contributed by atoms with Gasteiger partial charge in [-0.05, 0) is 32.8 Å². The third-order valence-corrected chi connectivity index (χ3v) is 3.65. The van der Waals surface area contributed by atoms with Crippen LogP contribution in [0.5, 0.6) is 0 Å². The van der Waals surface area contributed by atoms with Crippen LogP contribution >= 0.6 is 0 Å². The summed E-state index contributed by atoms with van der Waals surface area (Å²) < 4.78 is 5.19. The molecule has 1 aliphatic carbocycles. The molecule has 0 bridgehead atoms. The molecule has 1 aromatic carbocycles. The van der Waals surface area contributed by atoms with Crippen LogP contribution in [0.15, 0.2) is 35.3 Å². The van der Waals surface area contributed by atoms with E-state index in [2.05, 4.69) is 45.2 Å². The predicted octanol–water partition coefficient (Wildman–Crippen LogP) is 2.23. The summed E-state index contributed by atoms with van der Waals surface area (Å²) in [5.74, 6) is 1.30. The van der Waals surface area contributed by atoms with Gasteiger partial charge in [-0.2, -0.15) is 0 Å². The molecule has 6 nitrogen and oxygen atoms in total. The Hall–Kier alpha value is -2.24. The van der Waals surface area contributed by atoms with E-state index in [-0.39, 0.29) is 0 Å². The Morgan fingerprint density at radius 2 is 1.88 bits per heavy atom. The van der Waals surface area contributed by atoms with E-state index in [1.165, 1.54) is 5.56 Å². The lowest BCUT2D eigenvalue weighted by Gasteiger charge is -2.20. The van der Waals surface area contributed by atoms with Crippen molar-refractivity contribution in [3.05, 3.63) is 35.9 Å². The zero-order chi connectivity index (χ0) is 17.6. The number of amides is 1. The van der Waals surface area contributed by atoms with E-state index in [0.29, 0.717) is 25.0 Å². The molecule has 1 aliphatic rings. The zero-order valence-electron chi connectivity index (χ0n) is 14.9. The highest BCUT2D eigenvalue weighted by Gasteiger charge is 2.38. The molecular weight excluding hydrogens is 304 g/mol. The quantitative estimate of drug-likeness (QED) is 0.439. The second-order valence-electron chi connectivity index (χ2n) is 6.93. The highest BCUT2D eigenvalue weighted by Crippen LogP contribution is 2.40. The number of aliphatic imine (C=N–C) groups is 1. The number of nitrogens with zero attached hydrogens (tertiary/aromatic N) is 1. The van der Waals surface area contributed by atoms with E-state index in [1.807, 2.05) is 26.8 Å². The molecule has 0 aromatic heterocycles. The standard InChI is InChI=1S/C18H28N4O2/c1-18(2,3)24-17(23)21-11-10-20-16(19-4)22-15-12-14(15)13-8-6-5-7-9-13/h5-9,14-15H,10-12H2,1-4H3,(H,21,23)(H2,19,20,22). The van der Waals surface area contributed by atoms with Gasteiger partial charge in [-0.15, -0.1) is 0 Å². The highest BCUT2D eigenvalue weighted by atomic mass is 16.6. The van der Waals surface area contributed by atoms with Gasteiger partial charge in [-0.1, -0.05) is 30.3 Å². The molecule has 0 heterocycles. The average Bonchev–Trinajstić information content (AvgIpc) is 3.28. The molecule has 132 valence electrons. The SMILES string of the molecule is CN=C(NCCNC(=O)OC(C)(C)C)NC1CC1c1ccccc1. The van der Waals surface area contributed by atoms with Crippen molar-refractivity contribution in [3.8, 4) is 0 Å². The van der Waals surface area contributed by atoms with Gasteiger partial charge in [0.25, 0.3) is 0 Å². The number of guanidine groups is 1. The van der Waals surface area contributed by atoms with Crippen LogP contribution in [0.3, 0.4) is 0 Å². The third-order valence-electron chi connectivity index (χ3n) is 3.65. The molecule has 1 amide bonds. The molecule has 0 spiro atoms. The Labute approximate surface area is 144 Å². The van der Waals surface area contributed by atoms with Crippen molar-refractivity contribution in [2.24, 2.45) is 4.99 Å². The lowest BCUT2D eigenvalue weighted by atomic mass is 10.1. The van der Waals surface area contributed by atoms with Gasteiger partial charge in [0.05, 0.1) is 0 Å². The van der Waals surface area contributed by atoms with Crippen molar-refractivity contribution in [2.75, 3.05) is 20.1 Å². The van der Waals surface area contributed by atoms with Gasteiger partial charge < -0.3 is 20.7 Å². The first-order chi connectivity index (χ1) is 11.4. The van der Waals surface area contributed by atoms with E-state index in [0.717, 1.165) is 12.4 Å². The number of rotatable bonds is 5. The first-order valence-corrected chi connectivity index (χ1v) is 8.38. The summed E-state index contributed by atoms with van der Waals surface area (Å²) in [7, 11) is 1.75. The van der Waals surface area contributed by atoms with Gasteiger partial charge >= 0.3 is 6.09 Å². The van der Waals surface area contributed by atoms with E-state index < -0.39 is 11.7 Å². The van der Waals surface area contributed by atoms with Crippen LogP contribution in [0.25, 0.3) is 0 Å². The third kappa shape index (κ3) is 6.10. The summed E-state index contributed by atoms with van der Waals surface area (Å²) in [5.41, 5.74) is 0.880. The van der Waals surface area contributed by atoms with Crippen molar-refractivity contribution in [1.29, 1.82) is 0 Å². The molecule has 2 rings (SSSR count). The van der Waals surface area contributed by atoms with Gasteiger partial charge in [-0.25, -0.2) is 4.79 Å². The summed E-state index contributed by atoms with van der Waals surface area (Å²) in [6.07, 6.45) is 0.708. The lowest BCUT2D eigenvalue weighted by Crippen LogP contribution is -2.43. The monoisotopic (exact) mass is 332 g/mol. The molecule has 1 saturated carbocycles. The second kappa shape index (κ2) is 8.04. The second-order valence-corrected chi connectivity index (χ2v) is 6.93. The fourth-order valence-corrected chi connectivity index (χ4v) is 2.45. The Morgan fingerprint density at radius 3 is 2.50 bits per heavy atom. The topological polar surface area (TPSA) is 74.8 Å². The molecule has 2 unspecified atom stereocenters. The molecule has 0 radical (unpaired) electrons. The zero-order valence-corrected chi connectivity index (χ0v) is 14.9. The van der Waals surface area contributed by atoms with Crippen molar-refractivity contribution in [2.45, 2.75) is 44.8 Å². The molecule has 0 saturated heterocycles. The minimum Gasteiger partial charge on any atom is -0.444 e. The summed E-state index contributed by atoms with van der Waals surface area (Å²) in [5, 5.41) is 9.33. The van der Waals surface area contributed by atoms with Gasteiger partial charge in [0, 0.05) is 32.1 Å². The fourth-order valence-electron chi connectivity index (χ4n) is 2.45. The maximum absolute atomic E-state index is 11.6. The molecule has 2 atom stereocenters. The van der Waals surface area contributed by atoms with Gasteiger partial charge in [0.1, 0.15) is 5.60 Å². The minimum absolute atomic E-state index is 0.404. The number of alkyl carbamates (subject to hydrolysis) is 1. The normalized spacial score (nSPS) is 20.2. The summed E-state index contributed by atoms with van der Waals surface area (Å²) >= 11 is 0. The summed E-state index contributed by atoms with van der Waals surface area (Å²) in [6.45, 7) is 6.59.